The van der Waals surface area contributed by atoms with Crippen molar-refractivity contribution in [2.24, 2.45) is 5.92 Å². The lowest BCUT2D eigenvalue weighted by Gasteiger charge is -2.33. The second-order valence-electron chi connectivity index (χ2n) is 8.53. The molecule has 4 atom stereocenters. The summed E-state index contributed by atoms with van der Waals surface area (Å²) in [6.07, 6.45) is 3.35. The van der Waals surface area contributed by atoms with Gasteiger partial charge in [-0.2, -0.15) is 0 Å². The van der Waals surface area contributed by atoms with Crippen molar-refractivity contribution in [1.29, 1.82) is 0 Å². The molecule has 7 heteroatoms. The van der Waals surface area contributed by atoms with Gasteiger partial charge in [0.1, 0.15) is 6.04 Å². The summed E-state index contributed by atoms with van der Waals surface area (Å²) in [4.78, 5) is 42.0. The monoisotopic (exact) mass is 414 g/mol. The Labute approximate surface area is 179 Å². The number of likely N-dealkylation sites (tertiary alicyclic amines) is 2. The van der Waals surface area contributed by atoms with Gasteiger partial charge in [-0.1, -0.05) is 30.3 Å². The highest BCUT2D eigenvalue weighted by Gasteiger charge is 2.41. The SMILES string of the molecule is CNC(C)C(=O)N[C@@H](C)C(=O)N1CC[C@H]2CCCN(C(=O)Cc3ccccc3)C[C@H]21. The summed E-state index contributed by atoms with van der Waals surface area (Å²) < 4.78 is 0. The molecule has 0 radical (unpaired) electrons. The molecule has 3 amide bonds. The predicted octanol–water partition coefficient (Wildman–Crippen LogP) is 1.18. The number of hydrogen-bond acceptors (Lipinski definition) is 4. The Kier molecular flexibility index (Phi) is 7.48. The van der Waals surface area contributed by atoms with E-state index < -0.39 is 6.04 Å². The summed E-state index contributed by atoms with van der Waals surface area (Å²) in [6, 6.07) is 8.89. The Hall–Kier alpha value is -2.41. The molecule has 1 aromatic rings. The topological polar surface area (TPSA) is 81.8 Å². The van der Waals surface area contributed by atoms with Gasteiger partial charge < -0.3 is 20.4 Å². The van der Waals surface area contributed by atoms with Gasteiger partial charge in [-0.05, 0) is 51.6 Å². The van der Waals surface area contributed by atoms with Gasteiger partial charge in [0.2, 0.25) is 17.7 Å². The molecular formula is C23H34N4O3. The number of carbonyl (C=O) groups is 3. The van der Waals surface area contributed by atoms with Gasteiger partial charge in [0.25, 0.3) is 0 Å². The Balaban J connectivity index is 1.65. The molecule has 0 aliphatic carbocycles. The van der Waals surface area contributed by atoms with E-state index in [-0.39, 0.29) is 29.8 Å². The van der Waals surface area contributed by atoms with Crippen LogP contribution in [0, 0.1) is 5.92 Å². The molecule has 0 spiro atoms. The zero-order valence-electron chi connectivity index (χ0n) is 18.3. The molecule has 2 saturated heterocycles. The van der Waals surface area contributed by atoms with Crippen LogP contribution in [0.15, 0.2) is 30.3 Å². The van der Waals surface area contributed by atoms with Crippen molar-refractivity contribution in [3.63, 3.8) is 0 Å². The number of benzene rings is 1. The van der Waals surface area contributed by atoms with Crippen molar-refractivity contribution in [2.75, 3.05) is 26.7 Å². The highest BCUT2D eigenvalue weighted by atomic mass is 16.2. The van der Waals surface area contributed by atoms with Gasteiger partial charge in [0, 0.05) is 19.6 Å². The van der Waals surface area contributed by atoms with E-state index in [1.54, 1.807) is 20.9 Å². The van der Waals surface area contributed by atoms with Crippen LogP contribution in [0.25, 0.3) is 0 Å². The van der Waals surface area contributed by atoms with Crippen LogP contribution >= 0.6 is 0 Å². The number of fused-ring (bicyclic) bond motifs is 1. The molecule has 2 fully saturated rings. The fourth-order valence-electron chi connectivity index (χ4n) is 4.53. The van der Waals surface area contributed by atoms with E-state index in [1.807, 2.05) is 40.1 Å². The number of nitrogens with zero attached hydrogens (tertiary/aromatic N) is 2. The number of rotatable bonds is 6. The smallest absolute Gasteiger partial charge is 0.245 e. The van der Waals surface area contributed by atoms with Gasteiger partial charge in [0.05, 0.1) is 18.5 Å². The maximum atomic E-state index is 13.1. The third kappa shape index (κ3) is 5.19. The zero-order valence-corrected chi connectivity index (χ0v) is 18.3. The van der Waals surface area contributed by atoms with Gasteiger partial charge in [-0.15, -0.1) is 0 Å². The van der Waals surface area contributed by atoms with Crippen molar-refractivity contribution in [3.05, 3.63) is 35.9 Å². The number of amides is 3. The minimum Gasteiger partial charge on any atom is -0.343 e. The minimum atomic E-state index is -0.580. The van der Waals surface area contributed by atoms with Crippen molar-refractivity contribution >= 4 is 17.7 Å². The Morgan fingerprint density at radius 2 is 1.80 bits per heavy atom. The molecule has 7 nitrogen and oxygen atoms in total. The van der Waals surface area contributed by atoms with Crippen molar-refractivity contribution in [3.8, 4) is 0 Å². The van der Waals surface area contributed by atoms with E-state index >= 15 is 0 Å². The van der Waals surface area contributed by atoms with Crippen LogP contribution in [-0.4, -0.2) is 72.3 Å². The molecule has 2 N–H and O–H groups in total. The molecule has 2 aliphatic rings. The van der Waals surface area contributed by atoms with E-state index in [2.05, 4.69) is 10.6 Å². The normalized spacial score (nSPS) is 23.3. The summed E-state index contributed by atoms with van der Waals surface area (Å²) in [5.41, 5.74) is 1.01. The van der Waals surface area contributed by atoms with E-state index in [4.69, 9.17) is 0 Å². The average Bonchev–Trinajstić information content (AvgIpc) is 3.02. The first-order chi connectivity index (χ1) is 14.4. The maximum absolute atomic E-state index is 13.1. The summed E-state index contributed by atoms with van der Waals surface area (Å²) in [5, 5.41) is 5.70. The van der Waals surface area contributed by atoms with E-state index in [0.717, 1.165) is 31.4 Å². The summed E-state index contributed by atoms with van der Waals surface area (Å²) in [7, 11) is 1.72. The third-order valence-corrected chi connectivity index (χ3v) is 6.49. The lowest BCUT2D eigenvalue weighted by Crippen LogP contribution is -2.54. The molecule has 164 valence electrons. The van der Waals surface area contributed by atoms with Crippen molar-refractivity contribution < 1.29 is 14.4 Å². The van der Waals surface area contributed by atoms with Crippen molar-refractivity contribution in [2.45, 2.75) is 57.7 Å². The van der Waals surface area contributed by atoms with Gasteiger partial charge >= 0.3 is 0 Å². The van der Waals surface area contributed by atoms with Crippen LogP contribution in [0.3, 0.4) is 0 Å². The molecular weight excluding hydrogens is 380 g/mol. The van der Waals surface area contributed by atoms with Crippen LogP contribution in [0.1, 0.15) is 38.7 Å². The van der Waals surface area contributed by atoms with Crippen LogP contribution in [0.2, 0.25) is 0 Å². The fraction of sp³-hybridized carbons (Fsp3) is 0.609. The first kappa shape index (κ1) is 22.3. The molecule has 3 rings (SSSR count). The largest absolute Gasteiger partial charge is 0.343 e. The average molecular weight is 415 g/mol. The second kappa shape index (κ2) is 10.1. The maximum Gasteiger partial charge on any atom is 0.245 e. The number of carbonyl (C=O) groups excluding carboxylic acids is 3. The van der Waals surface area contributed by atoms with Crippen LogP contribution in [0.5, 0.6) is 0 Å². The molecule has 2 aliphatic heterocycles. The fourth-order valence-corrected chi connectivity index (χ4v) is 4.53. The second-order valence-corrected chi connectivity index (χ2v) is 8.53. The molecule has 2 heterocycles. The minimum absolute atomic E-state index is 0.0285. The molecule has 1 unspecified atom stereocenters. The molecule has 30 heavy (non-hydrogen) atoms. The van der Waals surface area contributed by atoms with E-state index in [0.29, 0.717) is 25.4 Å². The summed E-state index contributed by atoms with van der Waals surface area (Å²) >= 11 is 0. The van der Waals surface area contributed by atoms with E-state index in [1.165, 1.54) is 0 Å². The number of hydrogen-bond donors (Lipinski definition) is 2. The summed E-state index contributed by atoms with van der Waals surface area (Å²) in [5.74, 6) is 0.291. The lowest BCUT2D eigenvalue weighted by molar-refractivity contribution is -0.139. The van der Waals surface area contributed by atoms with Crippen LogP contribution in [-0.2, 0) is 20.8 Å². The Bertz CT molecular complexity index is 754. The lowest BCUT2D eigenvalue weighted by atomic mass is 9.96. The highest BCUT2D eigenvalue weighted by molar-refractivity contribution is 5.89. The Morgan fingerprint density at radius 3 is 2.50 bits per heavy atom. The summed E-state index contributed by atoms with van der Waals surface area (Å²) in [6.45, 7) is 5.52. The van der Waals surface area contributed by atoms with Gasteiger partial charge in [-0.3, -0.25) is 14.4 Å². The first-order valence-corrected chi connectivity index (χ1v) is 11.0. The third-order valence-electron chi connectivity index (χ3n) is 6.49. The highest BCUT2D eigenvalue weighted by Crippen LogP contribution is 2.32. The zero-order chi connectivity index (χ0) is 21.7. The predicted molar refractivity (Wildman–Crippen MR) is 116 cm³/mol. The van der Waals surface area contributed by atoms with Gasteiger partial charge in [-0.25, -0.2) is 0 Å². The molecule has 0 aromatic heterocycles. The van der Waals surface area contributed by atoms with Crippen LogP contribution < -0.4 is 10.6 Å². The molecule has 0 saturated carbocycles. The number of likely N-dealkylation sites (N-methyl/N-ethyl adjacent to an activating group) is 1. The quantitative estimate of drug-likeness (QED) is 0.733. The van der Waals surface area contributed by atoms with E-state index in [9.17, 15) is 14.4 Å². The standard InChI is InChI=1S/C23H34N4O3/c1-16(24-3)22(29)25-17(2)23(30)27-13-11-19-10-7-12-26(15-20(19)27)21(28)14-18-8-5-4-6-9-18/h4-6,8-9,16-17,19-20,24H,7,10-15H2,1-3H3,(H,25,29)/t16?,17-,19+,20+/m0/s1. The molecule has 1 aromatic carbocycles. The first-order valence-electron chi connectivity index (χ1n) is 11.0. The van der Waals surface area contributed by atoms with Crippen LogP contribution in [0.4, 0.5) is 0 Å². The number of nitrogens with one attached hydrogen (secondary N) is 2. The Morgan fingerprint density at radius 1 is 1.07 bits per heavy atom. The molecule has 0 bridgehead atoms. The van der Waals surface area contributed by atoms with Gasteiger partial charge in [0.15, 0.2) is 0 Å². The van der Waals surface area contributed by atoms with Crippen molar-refractivity contribution in [1.82, 2.24) is 20.4 Å².